The molecule has 0 fully saturated rings. The quantitative estimate of drug-likeness (QED) is 0.680. The highest BCUT2D eigenvalue weighted by Crippen LogP contribution is 2.47. The first-order chi connectivity index (χ1) is 14.5. The summed E-state index contributed by atoms with van der Waals surface area (Å²) in [5.74, 6) is 1.15. The lowest BCUT2D eigenvalue weighted by Crippen LogP contribution is -2.22. The zero-order chi connectivity index (χ0) is 21.4. The van der Waals surface area contributed by atoms with E-state index in [0.29, 0.717) is 28.1 Å². The van der Waals surface area contributed by atoms with E-state index in [1.54, 1.807) is 43.2 Å². The number of hydrogen-bond acceptors (Lipinski definition) is 6. The number of halogens is 1. The van der Waals surface area contributed by atoms with E-state index < -0.39 is 5.92 Å². The molecule has 1 aliphatic heterocycles. The molecular weight excluding hydrogens is 404 g/mol. The second-order valence-corrected chi connectivity index (χ2v) is 7.17. The van der Waals surface area contributed by atoms with Crippen LogP contribution in [0.1, 0.15) is 22.7 Å². The van der Waals surface area contributed by atoms with Gasteiger partial charge >= 0.3 is 0 Å². The molecule has 2 N–H and O–H groups in total. The summed E-state index contributed by atoms with van der Waals surface area (Å²) in [6, 6.07) is 14.9. The Labute approximate surface area is 178 Å². The highest BCUT2D eigenvalue weighted by atomic mass is 35.5. The fraction of sp³-hybridized carbons (Fsp3) is 0.182. The molecule has 8 heteroatoms. The van der Waals surface area contributed by atoms with Crippen LogP contribution in [0.2, 0.25) is 5.02 Å². The maximum atomic E-state index is 9.88. The number of ether oxygens (including phenoxy) is 3. The fourth-order valence-corrected chi connectivity index (χ4v) is 3.86. The minimum atomic E-state index is -0.531. The monoisotopic (exact) mass is 422 g/mol. The number of methoxy groups -OCH3 is 2. The Hall–Kier alpha value is -3.63. The lowest BCUT2D eigenvalue weighted by molar-refractivity contribution is 0.363. The second-order valence-electron chi connectivity index (χ2n) is 6.73. The average Bonchev–Trinajstić information content (AvgIpc) is 3.08. The highest BCUT2D eigenvalue weighted by Gasteiger charge is 2.37. The first-order valence-electron chi connectivity index (χ1n) is 9.13. The Kier molecular flexibility index (Phi) is 5.02. The number of hydrogen-bond donors (Lipinski definition) is 1. The third kappa shape index (κ3) is 3.11. The highest BCUT2D eigenvalue weighted by molar-refractivity contribution is 6.30. The Morgan fingerprint density at radius 3 is 2.67 bits per heavy atom. The Bertz CT molecular complexity index is 1210. The van der Waals surface area contributed by atoms with E-state index in [1.165, 1.54) is 0 Å². The van der Waals surface area contributed by atoms with Crippen molar-refractivity contribution in [3.63, 3.8) is 0 Å². The summed E-state index contributed by atoms with van der Waals surface area (Å²) in [5.41, 5.74) is 9.33. The van der Waals surface area contributed by atoms with E-state index in [-0.39, 0.29) is 11.5 Å². The van der Waals surface area contributed by atoms with Crippen molar-refractivity contribution < 1.29 is 14.2 Å². The summed E-state index contributed by atoms with van der Waals surface area (Å²) in [6.45, 7) is 1.86. The molecule has 1 aromatic heterocycles. The van der Waals surface area contributed by atoms with Crippen LogP contribution < -0.4 is 19.9 Å². The fourth-order valence-electron chi connectivity index (χ4n) is 3.67. The standard InChI is InChI=1S/C22H19ClN4O3/c1-12-19-20(16-10-15(28-2)7-8-18(16)29-3)17(11-24)21(25)30-22(19)27(26-12)14-6-4-5-13(23)9-14/h4-10,20H,25H2,1-3H3/t20-/m1/s1. The van der Waals surface area contributed by atoms with Crippen LogP contribution in [0.15, 0.2) is 53.9 Å². The molecule has 1 aliphatic rings. The minimum absolute atomic E-state index is 0.0167. The van der Waals surface area contributed by atoms with E-state index in [9.17, 15) is 5.26 Å². The zero-order valence-corrected chi connectivity index (χ0v) is 17.4. The number of benzene rings is 2. The number of nitriles is 1. The normalized spacial score (nSPS) is 15.2. The molecule has 0 unspecified atom stereocenters. The van der Waals surface area contributed by atoms with Crippen LogP contribution in [0.3, 0.4) is 0 Å². The van der Waals surface area contributed by atoms with Crippen molar-refractivity contribution in [2.24, 2.45) is 5.73 Å². The lowest BCUT2D eigenvalue weighted by atomic mass is 9.83. The molecule has 0 radical (unpaired) electrons. The smallest absolute Gasteiger partial charge is 0.229 e. The molecule has 152 valence electrons. The van der Waals surface area contributed by atoms with Gasteiger partial charge in [0.2, 0.25) is 11.8 Å². The summed E-state index contributed by atoms with van der Waals surface area (Å²) in [7, 11) is 3.16. The van der Waals surface area contributed by atoms with Crippen molar-refractivity contribution in [3.05, 3.63) is 75.8 Å². The molecule has 0 bridgehead atoms. The number of nitrogens with two attached hydrogens (primary N) is 1. The third-order valence-electron chi connectivity index (χ3n) is 5.03. The van der Waals surface area contributed by atoms with E-state index in [0.717, 1.165) is 16.8 Å². The summed E-state index contributed by atoms with van der Waals surface area (Å²) in [5, 5.41) is 15.1. The van der Waals surface area contributed by atoms with E-state index in [4.69, 9.17) is 31.5 Å². The van der Waals surface area contributed by atoms with E-state index >= 15 is 0 Å². The molecule has 3 aromatic rings. The van der Waals surface area contributed by atoms with Crippen molar-refractivity contribution in [2.75, 3.05) is 14.2 Å². The maximum absolute atomic E-state index is 9.88. The number of aryl methyl sites for hydroxylation is 1. The molecule has 0 saturated carbocycles. The summed E-state index contributed by atoms with van der Waals surface area (Å²) < 4.78 is 18.5. The molecule has 0 spiro atoms. The molecule has 2 aromatic carbocycles. The van der Waals surface area contributed by atoms with Gasteiger partial charge in [-0.1, -0.05) is 17.7 Å². The van der Waals surface area contributed by atoms with Gasteiger partial charge < -0.3 is 19.9 Å². The molecular formula is C22H19ClN4O3. The largest absolute Gasteiger partial charge is 0.497 e. The molecule has 2 heterocycles. The zero-order valence-electron chi connectivity index (χ0n) is 16.6. The van der Waals surface area contributed by atoms with Crippen LogP contribution in [0.5, 0.6) is 17.4 Å². The van der Waals surface area contributed by atoms with Crippen molar-refractivity contribution in [1.29, 1.82) is 5.26 Å². The second kappa shape index (κ2) is 7.65. The molecule has 30 heavy (non-hydrogen) atoms. The van der Waals surface area contributed by atoms with Crippen molar-refractivity contribution in [2.45, 2.75) is 12.8 Å². The van der Waals surface area contributed by atoms with Crippen LogP contribution in [-0.4, -0.2) is 24.0 Å². The van der Waals surface area contributed by atoms with Crippen LogP contribution in [0.25, 0.3) is 5.69 Å². The third-order valence-corrected chi connectivity index (χ3v) is 5.27. The van der Waals surface area contributed by atoms with Crippen LogP contribution in [0.4, 0.5) is 0 Å². The van der Waals surface area contributed by atoms with Gasteiger partial charge in [-0.3, -0.25) is 0 Å². The van der Waals surface area contributed by atoms with Gasteiger partial charge in [-0.25, -0.2) is 4.68 Å². The Balaban J connectivity index is 1.99. The van der Waals surface area contributed by atoms with Gasteiger partial charge in [0, 0.05) is 10.6 Å². The number of allylic oxidation sites excluding steroid dienone is 1. The molecule has 0 amide bonds. The van der Waals surface area contributed by atoms with Crippen LogP contribution in [0, 0.1) is 18.3 Å². The van der Waals surface area contributed by atoms with Crippen molar-refractivity contribution in [1.82, 2.24) is 9.78 Å². The summed E-state index contributed by atoms with van der Waals surface area (Å²) >= 11 is 6.17. The van der Waals surface area contributed by atoms with E-state index in [2.05, 4.69) is 11.2 Å². The van der Waals surface area contributed by atoms with Crippen LogP contribution in [-0.2, 0) is 0 Å². The van der Waals surface area contributed by atoms with Crippen LogP contribution >= 0.6 is 11.6 Å². The van der Waals surface area contributed by atoms with Gasteiger partial charge in [0.15, 0.2) is 0 Å². The molecule has 7 nitrogen and oxygen atoms in total. The predicted octanol–water partition coefficient (Wildman–Crippen LogP) is 4.07. The maximum Gasteiger partial charge on any atom is 0.229 e. The predicted molar refractivity (Wildman–Crippen MR) is 112 cm³/mol. The first kappa shape index (κ1) is 19.7. The van der Waals surface area contributed by atoms with Gasteiger partial charge in [0.05, 0.1) is 37.1 Å². The number of aromatic nitrogens is 2. The lowest BCUT2D eigenvalue weighted by Gasteiger charge is -2.26. The van der Waals surface area contributed by atoms with E-state index in [1.807, 2.05) is 25.1 Å². The van der Waals surface area contributed by atoms with Gasteiger partial charge in [-0.15, -0.1) is 0 Å². The minimum Gasteiger partial charge on any atom is -0.497 e. The topological polar surface area (TPSA) is 95.3 Å². The van der Waals surface area contributed by atoms with Gasteiger partial charge in [-0.05, 0) is 43.3 Å². The molecule has 4 rings (SSSR count). The summed E-state index contributed by atoms with van der Waals surface area (Å²) in [6.07, 6.45) is 0. The average molecular weight is 423 g/mol. The Morgan fingerprint density at radius 2 is 2.00 bits per heavy atom. The Morgan fingerprint density at radius 1 is 1.20 bits per heavy atom. The first-order valence-corrected chi connectivity index (χ1v) is 9.51. The molecule has 0 saturated heterocycles. The molecule has 1 atom stereocenters. The van der Waals surface area contributed by atoms with Gasteiger partial charge in [0.25, 0.3) is 0 Å². The molecule has 0 aliphatic carbocycles. The number of fused-ring (bicyclic) bond motifs is 1. The SMILES string of the molecule is COc1ccc(OC)c([C@@H]2C(C#N)=C(N)Oc3c2c(C)nn3-c2cccc(Cl)c2)c1. The van der Waals surface area contributed by atoms with Crippen molar-refractivity contribution >= 4 is 11.6 Å². The number of rotatable bonds is 4. The van der Waals surface area contributed by atoms with Gasteiger partial charge in [0.1, 0.15) is 23.1 Å². The van der Waals surface area contributed by atoms with Gasteiger partial charge in [-0.2, -0.15) is 10.4 Å². The van der Waals surface area contributed by atoms with Crippen molar-refractivity contribution in [3.8, 4) is 29.1 Å². The number of nitrogens with zero attached hydrogens (tertiary/aromatic N) is 3. The summed E-state index contributed by atoms with van der Waals surface area (Å²) in [4.78, 5) is 0.